The number of para-hydroxylation sites is 2. The fourth-order valence-electron chi connectivity index (χ4n) is 2.20. The van der Waals surface area contributed by atoms with Crippen molar-refractivity contribution in [2.75, 3.05) is 12.4 Å². The fraction of sp³-hybridized carbons (Fsp3) is 0.235. The number of thiophene rings is 1. The summed E-state index contributed by atoms with van der Waals surface area (Å²) in [7, 11) is 1.50. The highest BCUT2D eigenvalue weighted by Crippen LogP contribution is 2.23. The van der Waals surface area contributed by atoms with Gasteiger partial charge in [0.2, 0.25) is 5.82 Å². The molecule has 0 saturated carbocycles. The molecule has 9 nitrogen and oxygen atoms in total. The second kappa shape index (κ2) is 8.41. The summed E-state index contributed by atoms with van der Waals surface area (Å²) >= 11 is 1.47. The molecule has 2 aromatic heterocycles. The molecule has 0 saturated heterocycles. The van der Waals surface area contributed by atoms with Crippen molar-refractivity contribution in [1.29, 1.82) is 0 Å². The van der Waals surface area contributed by atoms with Crippen LogP contribution in [0.1, 0.15) is 6.92 Å². The molecule has 1 atom stereocenters. The molecule has 0 aliphatic heterocycles. The number of carbonyl (C=O) groups excluding carboxylic acids is 2. The zero-order chi connectivity index (χ0) is 19.2. The highest BCUT2D eigenvalue weighted by molar-refractivity contribution is 7.13. The van der Waals surface area contributed by atoms with Crippen LogP contribution in [0.25, 0.3) is 10.7 Å². The average molecular weight is 387 g/mol. The zero-order valence-corrected chi connectivity index (χ0v) is 15.5. The van der Waals surface area contributed by atoms with Crippen molar-refractivity contribution in [3.05, 3.63) is 41.8 Å². The first-order valence-electron chi connectivity index (χ1n) is 8.02. The smallest absolute Gasteiger partial charge is 0.330 e. The Morgan fingerprint density at radius 1 is 1.26 bits per heavy atom. The molecule has 0 spiro atoms. The molecule has 0 bridgehead atoms. The molecule has 0 aliphatic rings. The SMILES string of the molecule is COc1ccccc1NC(=O)[C@@H](C)OC(=O)Cn1nnc(-c2cccs2)n1. The molecule has 10 heteroatoms. The van der Waals surface area contributed by atoms with Crippen LogP contribution in [-0.4, -0.2) is 45.3 Å². The molecule has 3 rings (SSSR count). The molecule has 3 aromatic rings. The topological polar surface area (TPSA) is 108 Å². The van der Waals surface area contributed by atoms with Gasteiger partial charge in [0.1, 0.15) is 5.75 Å². The number of tetrazole rings is 1. The van der Waals surface area contributed by atoms with E-state index in [9.17, 15) is 9.59 Å². The molecule has 1 N–H and O–H groups in total. The van der Waals surface area contributed by atoms with Gasteiger partial charge in [0.15, 0.2) is 12.6 Å². The van der Waals surface area contributed by atoms with Gasteiger partial charge in [-0.05, 0) is 35.7 Å². The predicted octanol–water partition coefficient (Wildman–Crippen LogP) is 1.98. The van der Waals surface area contributed by atoms with Crippen LogP contribution < -0.4 is 10.1 Å². The van der Waals surface area contributed by atoms with Gasteiger partial charge in [-0.25, -0.2) is 4.79 Å². The standard InChI is InChI=1S/C17H17N5O4S/c1-11(17(24)18-12-6-3-4-7-13(12)25-2)26-15(23)10-22-20-16(19-21-22)14-8-5-9-27-14/h3-9,11H,10H2,1-2H3,(H,18,24)/t11-/m1/s1. The maximum absolute atomic E-state index is 12.2. The number of rotatable bonds is 7. The van der Waals surface area contributed by atoms with Gasteiger partial charge in [-0.15, -0.1) is 21.5 Å². The van der Waals surface area contributed by atoms with Crippen LogP contribution in [0.2, 0.25) is 0 Å². The van der Waals surface area contributed by atoms with Crippen molar-refractivity contribution in [3.63, 3.8) is 0 Å². The van der Waals surface area contributed by atoms with Crippen LogP contribution in [0, 0.1) is 0 Å². The number of methoxy groups -OCH3 is 1. The van der Waals surface area contributed by atoms with Gasteiger partial charge in [0.25, 0.3) is 5.91 Å². The largest absolute Gasteiger partial charge is 0.495 e. The van der Waals surface area contributed by atoms with E-state index in [1.54, 1.807) is 24.3 Å². The Morgan fingerprint density at radius 2 is 2.07 bits per heavy atom. The first-order chi connectivity index (χ1) is 13.1. The molecule has 1 aromatic carbocycles. The first kappa shape index (κ1) is 18.5. The van der Waals surface area contributed by atoms with Crippen LogP contribution in [0.5, 0.6) is 5.75 Å². The third-order valence-corrected chi connectivity index (χ3v) is 4.37. The lowest BCUT2D eigenvalue weighted by Crippen LogP contribution is -2.31. The monoisotopic (exact) mass is 387 g/mol. The maximum Gasteiger partial charge on any atom is 0.330 e. The Bertz CT molecular complexity index is 925. The van der Waals surface area contributed by atoms with E-state index in [0.717, 1.165) is 9.67 Å². The molecule has 0 aliphatic carbocycles. The van der Waals surface area contributed by atoms with E-state index in [1.807, 2.05) is 17.5 Å². The number of carbonyl (C=O) groups is 2. The second-order valence-corrected chi connectivity index (χ2v) is 6.39. The summed E-state index contributed by atoms with van der Waals surface area (Å²) in [6, 6.07) is 10.7. The molecule has 27 heavy (non-hydrogen) atoms. The van der Waals surface area contributed by atoms with E-state index in [4.69, 9.17) is 9.47 Å². The number of nitrogens with one attached hydrogen (secondary N) is 1. The summed E-state index contributed by atoms with van der Waals surface area (Å²) < 4.78 is 10.3. The van der Waals surface area contributed by atoms with Crippen LogP contribution >= 0.6 is 11.3 Å². The molecule has 2 heterocycles. The molecule has 0 radical (unpaired) electrons. The number of anilines is 1. The average Bonchev–Trinajstić information content (AvgIpc) is 3.33. The van der Waals surface area contributed by atoms with Crippen LogP contribution in [-0.2, 0) is 20.9 Å². The minimum Gasteiger partial charge on any atom is -0.495 e. The Labute approximate surface area is 158 Å². The maximum atomic E-state index is 12.2. The Kier molecular flexibility index (Phi) is 5.77. The molecule has 1 amide bonds. The van der Waals surface area contributed by atoms with E-state index in [-0.39, 0.29) is 6.54 Å². The fourth-order valence-corrected chi connectivity index (χ4v) is 2.85. The Morgan fingerprint density at radius 3 is 2.81 bits per heavy atom. The predicted molar refractivity (Wildman–Crippen MR) is 98.3 cm³/mol. The van der Waals surface area contributed by atoms with Gasteiger partial charge < -0.3 is 14.8 Å². The van der Waals surface area contributed by atoms with E-state index < -0.39 is 18.0 Å². The number of aromatic nitrogens is 4. The van der Waals surface area contributed by atoms with Gasteiger partial charge in [0.05, 0.1) is 17.7 Å². The number of esters is 1. The van der Waals surface area contributed by atoms with Crippen molar-refractivity contribution in [2.45, 2.75) is 19.6 Å². The number of hydrogen-bond donors (Lipinski definition) is 1. The van der Waals surface area contributed by atoms with Gasteiger partial charge in [-0.1, -0.05) is 18.2 Å². The summed E-state index contributed by atoms with van der Waals surface area (Å²) in [4.78, 5) is 26.3. The van der Waals surface area contributed by atoms with Crippen molar-refractivity contribution < 1.29 is 19.1 Å². The van der Waals surface area contributed by atoms with Gasteiger partial charge in [-0.2, -0.15) is 4.80 Å². The number of nitrogens with zero attached hydrogens (tertiary/aromatic N) is 4. The van der Waals surface area contributed by atoms with E-state index in [1.165, 1.54) is 25.4 Å². The summed E-state index contributed by atoms with van der Waals surface area (Å²) in [6.45, 7) is 1.24. The van der Waals surface area contributed by atoms with Gasteiger partial charge >= 0.3 is 5.97 Å². The molecule has 140 valence electrons. The highest BCUT2D eigenvalue weighted by Gasteiger charge is 2.20. The van der Waals surface area contributed by atoms with Crippen LogP contribution in [0.15, 0.2) is 41.8 Å². The number of amides is 1. The lowest BCUT2D eigenvalue weighted by Gasteiger charge is -2.14. The number of benzene rings is 1. The third kappa shape index (κ3) is 4.67. The lowest BCUT2D eigenvalue weighted by atomic mass is 10.2. The molecular formula is C17H17N5O4S. The minimum absolute atomic E-state index is 0.245. The summed E-state index contributed by atoms with van der Waals surface area (Å²) in [5.41, 5.74) is 0.492. The number of hydrogen-bond acceptors (Lipinski definition) is 8. The second-order valence-electron chi connectivity index (χ2n) is 5.44. The lowest BCUT2D eigenvalue weighted by molar-refractivity contribution is -0.154. The number of ether oxygens (including phenoxy) is 2. The molecule has 0 unspecified atom stereocenters. The summed E-state index contributed by atoms with van der Waals surface area (Å²) in [6.07, 6.45) is -0.997. The Hall–Kier alpha value is -3.27. The van der Waals surface area contributed by atoms with Crippen molar-refractivity contribution in [1.82, 2.24) is 20.2 Å². The van der Waals surface area contributed by atoms with Crippen molar-refractivity contribution >= 4 is 28.9 Å². The van der Waals surface area contributed by atoms with E-state index in [0.29, 0.717) is 17.3 Å². The van der Waals surface area contributed by atoms with Gasteiger partial charge in [0, 0.05) is 0 Å². The molecule has 0 fully saturated rings. The quantitative estimate of drug-likeness (QED) is 0.618. The van der Waals surface area contributed by atoms with E-state index in [2.05, 4.69) is 20.7 Å². The highest BCUT2D eigenvalue weighted by atomic mass is 32.1. The van der Waals surface area contributed by atoms with Crippen LogP contribution in [0.3, 0.4) is 0 Å². The van der Waals surface area contributed by atoms with Crippen molar-refractivity contribution in [2.24, 2.45) is 0 Å². The van der Waals surface area contributed by atoms with Crippen molar-refractivity contribution in [3.8, 4) is 16.5 Å². The summed E-state index contributed by atoms with van der Waals surface area (Å²) in [5, 5.41) is 16.4. The van der Waals surface area contributed by atoms with Crippen LogP contribution in [0.4, 0.5) is 5.69 Å². The van der Waals surface area contributed by atoms with Gasteiger partial charge in [-0.3, -0.25) is 4.79 Å². The molecular weight excluding hydrogens is 370 g/mol. The zero-order valence-electron chi connectivity index (χ0n) is 14.7. The Balaban J connectivity index is 1.55. The normalized spacial score (nSPS) is 11.6. The first-order valence-corrected chi connectivity index (χ1v) is 8.90. The minimum atomic E-state index is -0.997. The van der Waals surface area contributed by atoms with E-state index >= 15 is 0 Å². The third-order valence-electron chi connectivity index (χ3n) is 3.51. The summed E-state index contributed by atoms with van der Waals surface area (Å²) in [5.74, 6) is -0.177.